The van der Waals surface area contributed by atoms with Crippen LogP contribution >= 0.6 is 0 Å². The van der Waals surface area contributed by atoms with Crippen LogP contribution in [-0.4, -0.2) is 54.7 Å². The lowest BCUT2D eigenvalue weighted by Crippen LogP contribution is -2.53. The molecule has 0 radical (unpaired) electrons. The number of aromatic nitrogens is 1. The van der Waals surface area contributed by atoms with Crippen LogP contribution in [0.15, 0.2) is 48.5 Å². The molecule has 8 nitrogen and oxygen atoms in total. The van der Waals surface area contributed by atoms with Gasteiger partial charge < -0.3 is 30.4 Å². The average molecular weight is 616 g/mol. The van der Waals surface area contributed by atoms with Crippen molar-refractivity contribution in [1.82, 2.24) is 10.3 Å². The Kier molecular flexibility index (Phi) is 7.45. The number of benzene rings is 2. The van der Waals surface area contributed by atoms with E-state index in [4.69, 9.17) is 19.9 Å². The number of carbonyl (C=O) groups is 1. The van der Waals surface area contributed by atoms with Crippen LogP contribution in [0.2, 0.25) is 0 Å². The number of amides is 1. The lowest BCUT2D eigenvalue weighted by Gasteiger charge is -2.32. The predicted molar refractivity (Wildman–Crippen MR) is 136 cm³/mol. The first kappa shape index (κ1) is 30.4. The minimum Gasteiger partial charge on any atom is -0.493 e. The molecule has 1 saturated carbocycles. The first-order chi connectivity index (χ1) is 20.1. The zero-order valence-corrected chi connectivity index (χ0v) is 22.3. The number of ether oxygens (including phenoxy) is 3. The van der Waals surface area contributed by atoms with Crippen molar-refractivity contribution < 1.29 is 54.8 Å². The summed E-state index contributed by atoms with van der Waals surface area (Å²) >= 11 is 0. The molecule has 4 N–H and O–H groups in total. The monoisotopic (exact) mass is 615 g/mol. The van der Waals surface area contributed by atoms with E-state index < -0.39 is 71.1 Å². The third kappa shape index (κ3) is 5.54. The summed E-state index contributed by atoms with van der Waals surface area (Å²) in [5.41, 5.74) is -4.66. The number of halogens is 7. The Morgan fingerprint density at radius 1 is 1.09 bits per heavy atom. The highest BCUT2D eigenvalue weighted by Gasteiger charge is 2.61. The molecule has 5 rings (SSSR count). The Hall–Kier alpha value is -4.11. The van der Waals surface area contributed by atoms with Gasteiger partial charge in [0, 0.05) is 16.7 Å². The maximum Gasteiger partial charge on any atom is 0.424 e. The van der Waals surface area contributed by atoms with Gasteiger partial charge in [-0.15, -0.1) is 0 Å². The van der Waals surface area contributed by atoms with E-state index in [9.17, 15) is 40.6 Å². The van der Waals surface area contributed by atoms with Crippen molar-refractivity contribution >= 4 is 5.91 Å². The smallest absolute Gasteiger partial charge is 0.424 e. The van der Waals surface area contributed by atoms with Gasteiger partial charge in [-0.3, -0.25) is 4.79 Å². The first-order valence-corrected chi connectivity index (χ1v) is 12.8. The Balaban J connectivity index is 1.54. The van der Waals surface area contributed by atoms with Crippen LogP contribution in [0.3, 0.4) is 0 Å². The standard InChI is InChI=1S/C28H24F7N3O5/c1-41-20-10-15(4-9-19(20)43-17-7-8-17)24(39)37-12-26(40,28(33,34)35)21-11-18-23(42-13-25(18,36)27(30,31)32)22(38-21)14-2-5-16(29)6-3-14/h2-6,9-11,17,40H,7-8,12-13,36H2,1H3,(H,37,39)/t25-,26-/m1/s1. The van der Waals surface area contributed by atoms with E-state index in [1.54, 1.807) is 0 Å². The molecule has 15 heteroatoms. The van der Waals surface area contributed by atoms with E-state index in [1.165, 1.54) is 25.3 Å². The third-order valence-corrected chi connectivity index (χ3v) is 7.16. The van der Waals surface area contributed by atoms with Gasteiger partial charge >= 0.3 is 12.4 Å². The molecule has 0 spiro atoms. The van der Waals surface area contributed by atoms with Crippen molar-refractivity contribution in [2.45, 2.75) is 42.4 Å². The second kappa shape index (κ2) is 10.6. The molecular formula is C28H24F7N3O5. The molecule has 1 amide bonds. The van der Waals surface area contributed by atoms with E-state index in [0.29, 0.717) is 11.8 Å². The van der Waals surface area contributed by atoms with Crippen LogP contribution in [-0.2, 0) is 11.1 Å². The normalized spacial score (nSPS) is 19.7. The van der Waals surface area contributed by atoms with E-state index in [2.05, 4.69) is 4.98 Å². The Bertz CT molecular complexity index is 1540. The number of hydrogen-bond acceptors (Lipinski definition) is 7. The second-order valence-electron chi connectivity index (χ2n) is 10.2. The summed E-state index contributed by atoms with van der Waals surface area (Å²) in [4.78, 5) is 16.7. The molecule has 0 bridgehead atoms. The summed E-state index contributed by atoms with van der Waals surface area (Å²) in [6.07, 6.45) is -9.08. The van der Waals surface area contributed by atoms with Gasteiger partial charge in [-0.05, 0) is 61.4 Å². The van der Waals surface area contributed by atoms with Gasteiger partial charge in [0.1, 0.15) is 18.1 Å². The minimum absolute atomic E-state index is 0.00927. The lowest BCUT2D eigenvalue weighted by molar-refractivity contribution is -0.265. The molecular weight excluding hydrogens is 591 g/mol. The molecule has 0 saturated heterocycles. The summed E-state index contributed by atoms with van der Waals surface area (Å²) in [6, 6.07) is 8.20. The van der Waals surface area contributed by atoms with Gasteiger partial charge in [-0.1, -0.05) is 0 Å². The van der Waals surface area contributed by atoms with Gasteiger partial charge in [-0.25, -0.2) is 9.37 Å². The number of carbonyl (C=O) groups excluding carboxylic acids is 1. The molecule has 2 heterocycles. The van der Waals surface area contributed by atoms with Crippen molar-refractivity contribution in [1.29, 1.82) is 0 Å². The summed E-state index contributed by atoms with van der Waals surface area (Å²) in [5.74, 6) is -1.92. The lowest BCUT2D eigenvalue weighted by atomic mass is 9.87. The Morgan fingerprint density at radius 3 is 2.35 bits per heavy atom. The number of fused-ring (bicyclic) bond motifs is 1. The predicted octanol–water partition coefficient (Wildman–Crippen LogP) is 4.73. The maximum atomic E-state index is 14.5. The van der Waals surface area contributed by atoms with Crippen LogP contribution in [0.1, 0.15) is 34.5 Å². The highest BCUT2D eigenvalue weighted by atomic mass is 19.4. The molecule has 1 fully saturated rings. The number of alkyl halides is 6. The van der Waals surface area contributed by atoms with E-state index in [0.717, 1.165) is 37.1 Å². The molecule has 1 aromatic heterocycles. The van der Waals surface area contributed by atoms with Crippen molar-refractivity contribution in [2.75, 3.05) is 20.3 Å². The number of hydrogen-bond donors (Lipinski definition) is 3. The van der Waals surface area contributed by atoms with Crippen LogP contribution < -0.4 is 25.3 Å². The molecule has 3 aromatic rings. The zero-order chi connectivity index (χ0) is 31.4. The second-order valence-corrected chi connectivity index (χ2v) is 10.2. The van der Waals surface area contributed by atoms with Crippen LogP contribution in [0.4, 0.5) is 30.7 Å². The van der Waals surface area contributed by atoms with E-state index in [-0.39, 0.29) is 23.0 Å². The van der Waals surface area contributed by atoms with Crippen molar-refractivity contribution in [3.63, 3.8) is 0 Å². The fraction of sp³-hybridized carbons (Fsp3) is 0.357. The maximum absolute atomic E-state index is 14.5. The fourth-order valence-electron chi connectivity index (χ4n) is 4.44. The summed E-state index contributed by atoms with van der Waals surface area (Å²) < 4.78 is 115. The molecule has 43 heavy (non-hydrogen) atoms. The number of nitrogens with two attached hydrogens (primary N) is 1. The van der Waals surface area contributed by atoms with E-state index in [1.807, 2.05) is 5.32 Å². The van der Waals surface area contributed by atoms with Crippen molar-refractivity contribution in [2.24, 2.45) is 5.73 Å². The highest BCUT2D eigenvalue weighted by molar-refractivity contribution is 5.95. The highest BCUT2D eigenvalue weighted by Crippen LogP contribution is 2.51. The van der Waals surface area contributed by atoms with Crippen molar-refractivity contribution in [3.05, 3.63) is 71.2 Å². The quantitative estimate of drug-likeness (QED) is 0.314. The van der Waals surface area contributed by atoms with Gasteiger partial charge in [-0.2, -0.15) is 26.3 Å². The van der Waals surface area contributed by atoms with E-state index >= 15 is 0 Å². The molecule has 2 atom stereocenters. The summed E-state index contributed by atoms with van der Waals surface area (Å²) in [7, 11) is 1.31. The third-order valence-electron chi connectivity index (χ3n) is 7.16. The number of nitrogens with one attached hydrogen (secondary N) is 1. The number of rotatable bonds is 8. The average Bonchev–Trinajstić information content (AvgIpc) is 3.70. The topological polar surface area (TPSA) is 116 Å². The zero-order valence-electron chi connectivity index (χ0n) is 22.3. The Morgan fingerprint density at radius 2 is 1.77 bits per heavy atom. The molecule has 1 aliphatic heterocycles. The van der Waals surface area contributed by atoms with Crippen LogP contribution in [0.25, 0.3) is 11.3 Å². The van der Waals surface area contributed by atoms with Crippen molar-refractivity contribution in [3.8, 4) is 28.5 Å². The molecule has 2 aromatic carbocycles. The molecule has 2 aliphatic rings. The summed E-state index contributed by atoms with van der Waals surface area (Å²) in [6.45, 7) is -2.73. The molecule has 1 aliphatic carbocycles. The van der Waals surface area contributed by atoms with Gasteiger partial charge in [0.25, 0.3) is 5.91 Å². The fourth-order valence-corrected chi connectivity index (χ4v) is 4.44. The summed E-state index contributed by atoms with van der Waals surface area (Å²) in [5, 5.41) is 13.0. The van der Waals surface area contributed by atoms with Crippen LogP contribution in [0.5, 0.6) is 17.2 Å². The van der Waals surface area contributed by atoms with Crippen LogP contribution in [0, 0.1) is 5.82 Å². The van der Waals surface area contributed by atoms with Gasteiger partial charge in [0.15, 0.2) is 22.8 Å². The Labute approximate surface area is 239 Å². The first-order valence-electron chi connectivity index (χ1n) is 12.8. The number of pyridine rings is 1. The van der Waals surface area contributed by atoms with Gasteiger partial charge in [0.05, 0.1) is 25.5 Å². The minimum atomic E-state index is -5.56. The number of nitrogens with zero attached hydrogens (tertiary/aromatic N) is 1. The molecule has 0 unspecified atom stereocenters. The molecule has 230 valence electrons. The largest absolute Gasteiger partial charge is 0.493 e. The number of methoxy groups -OCH3 is 1. The number of aliphatic hydroxyl groups is 1. The van der Waals surface area contributed by atoms with Gasteiger partial charge in [0.2, 0.25) is 5.60 Å². The SMILES string of the molecule is COc1cc(C(=O)NC[C@@](O)(c2cc3c(c(-c4ccc(F)cc4)n2)OC[C@]3(N)C(F)(F)F)C(F)(F)F)ccc1OC1CC1.